The van der Waals surface area contributed by atoms with Crippen LogP contribution in [0, 0.1) is 11.8 Å². The van der Waals surface area contributed by atoms with Gasteiger partial charge < -0.3 is 4.74 Å². The Labute approximate surface area is 81.0 Å². The molecule has 0 rings (SSSR count). The maximum Gasteiger partial charge on any atom is 0.333 e. The SMILES string of the molecule is C=C(C)C(=O)OCC(CC)C(C)C. The van der Waals surface area contributed by atoms with Crippen LogP contribution in [0.2, 0.25) is 0 Å². The van der Waals surface area contributed by atoms with Crippen molar-refractivity contribution in [3.63, 3.8) is 0 Å². The van der Waals surface area contributed by atoms with Crippen molar-refractivity contribution in [2.75, 3.05) is 6.61 Å². The highest BCUT2D eigenvalue weighted by Crippen LogP contribution is 2.15. The van der Waals surface area contributed by atoms with Crippen LogP contribution in [0.15, 0.2) is 12.2 Å². The fourth-order valence-electron chi connectivity index (χ4n) is 1.09. The number of esters is 1. The van der Waals surface area contributed by atoms with Crippen LogP contribution >= 0.6 is 0 Å². The minimum atomic E-state index is -0.279. The van der Waals surface area contributed by atoms with Gasteiger partial charge in [-0.15, -0.1) is 0 Å². The Bertz CT molecular complexity index is 183. The van der Waals surface area contributed by atoms with E-state index in [0.717, 1.165) is 6.42 Å². The third kappa shape index (κ3) is 4.71. The van der Waals surface area contributed by atoms with E-state index in [4.69, 9.17) is 4.74 Å². The first-order valence-electron chi connectivity index (χ1n) is 4.81. The van der Waals surface area contributed by atoms with Crippen LogP contribution in [0.4, 0.5) is 0 Å². The molecule has 0 spiro atoms. The van der Waals surface area contributed by atoms with Gasteiger partial charge in [0.15, 0.2) is 0 Å². The summed E-state index contributed by atoms with van der Waals surface area (Å²) >= 11 is 0. The van der Waals surface area contributed by atoms with Crippen LogP contribution in [0.5, 0.6) is 0 Å². The molecule has 0 amide bonds. The summed E-state index contributed by atoms with van der Waals surface area (Å²) in [5.74, 6) is 0.741. The lowest BCUT2D eigenvalue weighted by molar-refractivity contribution is -0.140. The van der Waals surface area contributed by atoms with Gasteiger partial charge in [-0.3, -0.25) is 0 Å². The van der Waals surface area contributed by atoms with Crippen molar-refractivity contribution in [1.82, 2.24) is 0 Å². The molecule has 0 aromatic heterocycles. The zero-order valence-corrected chi connectivity index (χ0v) is 9.09. The van der Waals surface area contributed by atoms with E-state index in [-0.39, 0.29) is 5.97 Å². The molecular weight excluding hydrogens is 164 g/mol. The standard InChI is InChI=1S/C11H20O2/c1-6-10(8(2)3)7-13-11(12)9(4)5/h8,10H,4,6-7H2,1-3,5H3. The summed E-state index contributed by atoms with van der Waals surface area (Å²) in [5, 5.41) is 0. The normalized spacial score (nSPS) is 12.7. The van der Waals surface area contributed by atoms with Gasteiger partial charge in [-0.25, -0.2) is 4.79 Å². The number of hydrogen-bond donors (Lipinski definition) is 0. The lowest BCUT2D eigenvalue weighted by Crippen LogP contribution is -2.18. The van der Waals surface area contributed by atoms with Crippen molar-refractivity contribution in [2.24, 2.45) is 11.8 Å². The molecule has 2 nitrogen and oxygen atoms in total. The van der Waals surface area contributed by atoms with Crippen molar-refractivity contribution < 1.29 is 9.53 Å². The summed E-state index contributed by atoms with van der Waals surface area (Å²) in [5.41, 5.74) is 0.471. The topological polar surface area (TPSA) is 26.3 Å². The van der Waals surface area contributed by atoms with Crippen LogP contribution in [0.25, 0.3) is 0 Å². The average molecular weight is 184 g/mol. The van der Waals surface area contributed by atoms with Crippen LogP contribution in [-0.2, 0) is 9.53 Å². The summed E-state index contributed by atoms with van der Waals surface area (Å²) < 4.78 is 5.08. The molecule has 0 bridgehead atoms. The Morgan fingerprint density at radius 2 is 2.00 bits per heavy atom. The molecule has 0 aromatic carbocycles. The summed E-state index contributed by atoms with van der Waals surface area (Å²) in [6, 6.07) is 0. The summed E-state index contributed by atoms with van der Waals surface area (Å²) in [4.78, 5) is 11.1. The minimum Gasteiger partial charge on any atom is -0.462 e. The highest BCUT2D eigenvalue weighted by Gasteiger charge is 2.13. The zero-order chi connectivity index (χ0) is 10.4. The van der Waals surface area contributed by atoms with E-state index in [1.807, 2.05) is 0 Å². The molecule has 0 N–H and O–H groups in total. The van der Waals surface area contributed by atoms with E-state index >= 15 is 0 Å². The Balaban J connectivity index is 3.85. The molecule has 0 aliphatic heterocycles. The first-order chi connectivity index (χ1) is 5.99. The summed E-state index contributed by atoms with van der Waals surface area (Å²) in [6.07, 6.45) is 1.04. The van der Waals surface area contributed by atoms with E-state index in [2.05, 4.69) is 27.4 Å². The first-order valence-corrected chi connectivity index (χ1v) is 4.81. The van der Waals surface area contributed by atoms with Crippen LogP contribution in [-0.4, -0.2) is 12.6 Å². The minimum absolute atomic E-state index is 0.279. The zero-order valence-electron chi connectivity index (χ0n) is 9.09. The summed E-state index contributed by atoms with van der Waals surface area (Å²) in [7, 11) is 0. The van der Waals surface area contributed by atoms with Crippen molar-refractivity contribution in [1.29, 1.82) is 0 Å². The van der Waals surface area contributed by atoms with Gasteiger partial charge in [0, 0.05) is 5.57 Å². The number of carbonyl (C=O) groups is 1. The van der Waals surface area contributed by atoms with Gasteiger partial charge in [0.2, 0.25) is 0 Å². The molecule has 2 heteroatoms. The predicted octanol–water partition coefficient (Wildman–Crippen LogP) is 2.79. The molecule has 1 unspecified atom stereocenters. The second-order valence-corrected chi connectivity index (χ2v) is 3.79. The first kappa shape index (κ1) is 12.2. The molecule has 76 valence electrons. The predicted molar refractivity (Wildman–Crippen MR) is 54.4 cm³/mol. The number of ether oxygens (including phenoxy) is 1. The smallest absolute Gasteiger partial charge is 0.333 e. The van der Waals surface area contributed by atoms with Crippen molar-refractivity contribution in [3.8, 4) is 0 Å². The van der Waals surface area contributed by atoms with E-state index in [9.17, 15) is 4.79 Å². The molecule has 0 saturated heterocycles. The molecule has 0 heterocycles. The van der Waals surface area contributed by atoms with Crippen molar-refractivity contribution >= 4 is 5.97 Å². The Kier molecular flexibility index (Phi) is 5.44. The number of carbonyl (C=O) groups excluding carboxylic acids is 1. The highest BCUT2D eigenvalue weighted by atomic mass is 16.5. The second kappa shape index (κ2) is 5.79. The second-order valence-electron chi connectivity index (χ2n) is 3.79. The number of hydrogen-bond acceptors (Lipinski definition) is 2. The monoisotopic (exact) mass is 184 g/mol. The van der Waals surface area contributed by atoms with Gasteiger partial charge in [0.25, 0.3) is 0 Å². The Hall–Kier alpha value is -0.790. The Morgan fingerprint density at radius 3 is 2.31 bits per heavy atom. The van der Waals surface area contributed by atoms with Crippen LogP contribution in [0.1, 0.15) is 34.1 Å². The van der Waals surface area contributed by atoms with E-state index in [1.54, 1.807) is 6.92 Å². The van der Waals surface area contributed by atoms with Crippen molar-refractivity contribution in [3.05, 3.63) is 12.2 Å². The quantitative estimate of drug-likeness (QED) is 0.485. The van der Waals surface area contributed by atoms with Gasteiger partial charge >= 0.3 is 5.97 Å². The third-order valence-electron chi connectivity index (χ3n) is 2.24. The molecule has 0 aromatic rings. The van der Waals surface area contributed by atoms with Crippen LogP contribution in [0.3, 0.4) is 0 Å². The lowest BCUT2D eigenvalue weighted by atomic mass is 9.94. The average Bonchev–Trinajstić information content (AvgIpc) is 2.04. The van der Waals surface area contributed by atoms with Gasteiger partial charge in [-0.2, -0.15) is 0 Å². The van der Waals surface area contributed by atoms with E-state index in [1.165, 1.54) is 0 Å². The van der Waals surface area contributed by atoms with Crippen molar-refractivity contribution in [2.45, 2.75) is 34.1 Å². The van der Waals surface area contributed by atoms with Gasteiger partial charge in [-0.05, 0) is 25.2 Å². The fourth-order valence-corrected chi connectivity index (χ4v) is 1.09. The maximum absolute atomic E-state index is 11.1. The molecule has 0 fully saturated rings. The molecule has 0 saturated carbocycles. The van der Waals surface area contributed by atoms with E-state index < -0.39 is 0 Å². The molecule has 1 atom stereocenters. The molecule has 0 radical (unpaired) electrons. The largest absolute Gasteiger partial charge is 0.462 e. The fraction of sp³-hybridized carbons (Fsp3) is 0.727. The maximum atomic E-state index is 11.1. The van der Waals surface area contributed by atoms with E-state index in [0.29, 0.717) is 24.0 Å². The summed E-state index contributed by atoms with van der Waals surface area (Å²) in [6.45, 7) is 12.1. The molecule has 0 aliphatic rings. The molecular formula is C11H20O2. The van der Waals surface area contributed by atoms with Crippen LogP contribution < -0.4 is 0 Å². The van der Waals surface area contributed by atoms with Gasteiger partial charge in [-0.1, -0.05) is 27.4 Å². The van der Waals surface area contributed by atoms with Gasteiger partial charge in [0.05, 0.1) is 6.61 Å². The third-order valence-corrected chi connectivity index (χ3v) is 2.24. The van der Waals surface area contributed by atoms with Gasteiger partial charge in [0.1, 0.15) is 0 Å². The highest BCUT2D eigenvalue weighted by molar-refractivity contribution is 5.86. The lowest BCUT2D eigenvalue weighted by Gasteiger charge is -2.18. The molecule has 0 aliphatic carbocycles. The molecule has 13 heavy (non-hydrogen) atoms. The number of rotatable bonds is 5. The Morgan fingerprint density at radius 1 is 1.46 bits per heavy atom.